The number of aliphatic hydroxyl groups is 1. The predicted octanol–water partition coefficient (Wildman–Crippen LogP) is 6.57. The Morgan fingerprint density at radius 3 is 2.43 bits per heavy atom. The molecule has 3 aliphatic heterocycles. The van der Waals surface area contributed by atoms with Crippen molar-refractivity contribution in [2.75, 3.05) is 20.2 Å². The lowest BCUT2D eigenvalue weighted by Crippen LogP contribution is -2.54. The molecule has 3 fully saturated rings. The number of rotatable bonds is 5. The minimum Gasteiger partial charge on any atom is -0.507 e. The molecule has 5 aromatic rings. The Labute approximate surface area is 244 Å². The number of carboxylic acids is 1. The van der Waals surface area contributed by atoms with Crippen LogP contribution in [0.25, 0.3) is 32.4 Å². The van der Waals surface area contributed by atoms with Gasteiger partial charge in [-0.1, -0.05) is 30.3 Å². The van der Waals surface area contributed by atoms with Crippen LogP contribution in [-0.2, 0) is 0 Å². The van der Waals surface area contributed by atoms with Crippen LogP contribution in [0.4, 0.5) is 0 Å². The molecule has 1 aromatic heterocycles. The average Bonchev–Trinajstić information content (AvgIpc) is 3.02. The lowest BCUT2D eigenvalue weighted by atomic mass is 9.73. The van der Waals surface area contributed by atoms with Crippen LogP contribution in [0.3, 0.4) is 0 Å². The maximum atomic E-state index is 11.2. The molecule has 3 saturated heterocycles. The molecule has 0 spiro atoms. The van der Waals surface area contributed by atoms with Gasteiger partial charge < -0.3 is 20.1 Å². The zero-order chi connectivity index (χ0) is 29.4. The summed E-state index contributed by atoms with van der Waals surface area (Å²) >= 11 is 0. The van der Waals surface area contributed by atoms with Gasteiger partial charge in [0, 0.05) is 24.2 Å². The van der Waals surface area contributed by atoms with Gasteiger partial charge in [-0.25, -0.2) is 4.79 Å². The Morgan fingerprint density at radius 1 is 1.05 bits per heavy atom. The molecule has 0 saturated carbocycles. The molecule has 4 heterocycles. The lowest BCUT2D eigenvalue weighted by Gasteiger charge is -2.50. The SMILES string of the molecule is C=C[C@H]1C[N@]2CC[C@H]1C[C@H]2[C@H](O)c1ccnc2ccc(OC)cc12.O=C(O)c1cc2cc3ccccc3cc2cc1O. The van der Waals surface area contributed by atoms with Gasteiger partial charge in [-0.15, -0.1) is 6.58 Å². The highest BCUT2D eigenvalue weighted by Crippen LogP contribution is 2.42. The summed E-state index contributed by atoms with van der Waals surface area (Å²) in [6.45, 7) is 6.07. The topological polar surface area (TPSA) is 103 Å². The third kappa shape index (κ3) is 5.17. The third-order valence-corrected chi connectivity index (χ3v) is 8.87. The van der Waals surface area contributed by atoms with E-state index in [0.717, 1.165) is 63.3 Å². The molecule has 5 atom stereocenters. The minimum atomic E-state index is -1.12. The van der Waals surface area contributed by atoms with Crippen molar-refractivity contribution >= 4 is 38.4 Å². The maximum absolute atomic E-state index is 11.2. The van der Waals surface area contributed by atoms with Crippen LogP contribution in [0.5, 0.6) is 11.5 Å². The number of piperidine rings is 3. The number of methoxy groups -OCH3 is 1. The summed E-state index contributed by atoms with van der Waals surface area (Å²) in [5, 5.41) is 34.5. The van der Waals surface area contributed by atoms with Gasteiger partial charge in [0.15, 0.2) is 0 Å². The number of ether oxygens (including phenoxy) is 1. The number of aromatic hydroxyl groups is 1. The summed E-state index contributed by atoms with van der Waals surface area (Å²) in [5.41, 5.74) is 1.77. The van der Waals surface area contributed by atoms with Crippen LogP contribution in [0, 0.1) is 11.8 Å². The minimum absolute atomic E-state index is 0.0715. The van der Waals surface area contributed by atoms with Gasteiger partial charge in [0.1, 0.15) is 17.1 Å². The van der Waals surface area contributed by atoms with E-state index in [9.17, 15) is 15.0 Å². The second-order valence-corrected chi connectivity index (χ2v) is 11.2. The van der Waals surface area contributed by atoms with E-state index < -0.39 is 12.1 Å². The van der Waals surface area contributed by atoms with Gasteiger partial charge in [0.05, 0.1) is 18.7 Å². The first kappa shape index (κ1) is 27.7. The van der Waals surface area contributed by atoms with Gasteiger partial charge in [-0.2, -0.15) is 0 Å². The highest BCUT2D eigenvalue weighted by molar-refractivity contribution is 6.03. The van der Waals surface area contributed by atoms with E-state index >= 15 is 0 Å². The van der Waals surface area contributed by atoms with Gasteiger partial charge in [0.2, 0.25) is 0 Å². The summed E-state index contributed by atoms with van der Waals surface area (Å²) in [4.78, 5) is 17.8. The lowest BCUT2D eigenvalue weighted by molar-refractivity contribution is -0.0444. The summed E-state index contributed by atoms with van der Waals surface area (Å²) in [6, 6.07) is 22.7. The molecule has 0 unspecified atom stereocenters. The molecule has 0 amide bonds. The first-order valence-corrected chi connectivity index (χ1v) is 14.2. The molecule has 3 N–H and O–H groups in total. The number of carboxylic acid groups (broad SMARTS) is 1. The summed E-state index contributed by atoms with van der Waals surface area (Å²) < 4.78 is 5.35. The van der Waals surface area contributed by atoms with Crippen molar-refractivity contribution in [3.05, 3.63) is 103 Å². The van der Waals surface area contributed by atoms with Gasteiger partial charge in [-0.05, 0) is 107 Å². The number of aromatic nitrogens is 1. The molecule has 8 rings (SSSR count). The Bertz CT molecular complexity index is 1800. The highest BCUT2D eigenvalue weighted by atomic mass is 16.5. The average molecular weight is 563 g/mol. The first-order chi connectivity index (χ1) is 20.4. The fourth-order valence-corrected chi connectivity index (χ4v) is 6.60. The second kappa shape index (κ2) is 11.4. The quantitative estimate of drug-likeness (QED) is 0.164. The van der Waals surface area contributed by atoms with E-state index in [0.29, 0.717) is 11.8 Å². The fourth-order valence-electron chi connectivity index (χ4n) is 6.60. The number of pyridine rings is 1. The fraction of sp³-hybridized carbons (Fsp3) is 0.257. The predicted molar refractivity (Wildman–Crippen MR) is 165 cm³/mol. The smallest absolute Gasteiger partial charge is 0.339 e. The standard InChI is InChI=1S/C20H24N2O2.C15H10O3/c1-3-13-12-22-9-7-14(13)10-19(22)20(23)16-6-8-21-18-5-4-15(24-2)11-17(16)18;16-14-8-12-6-10-4-2-1-3-9(10)5-11(12)7-13(14)15(17)18/h3-6,8,11,13-14,19-20,23H,1,7,9-10,12H2,2H3;1-8,16H,(H,17,18)/t13-,14-,19-,20+;/m0./s1. The number of benzene rings is 4. The van der Waals surface area contributed by atoms with Crippen LogP contribution >= 0.6 is 0 Å². The van der Waals surface area contributed by atoms with E-state index in [2.05, 4.69) is 22.5 Å². The number of carbonyl (C=O) groups is 1. The van der Waals surface area contributed by atoms with E-state index in [1.165, 1.54) is 18.6 Å². The number of fused-ring (bicyclic) bond motifs is 6. The van der Waals surface area contributed by atoms with Crippen LogP contribution in [0.15, 0.2) is 91.6 Å². The summed E-state index contributed by atoms with van der Waals surface area (Å²) in [5.74, 6) is 0.681. The zero-order valence-corrected chi connectivity index (χ0v) is 23.5. The van der Waals surface area contributed by atoms with Crippen molar-refractivity contribution < 1.29 is 24.9 Å². The van der Waals surface area contributed by atoms with Gasteiger partial charge >= 0.3 is 5.97 Å². The Hall–Kier alpha value is -4.46. The molecular weight excluding hydrogens is 528 g/mol. The molecule has 214 valence electrons. The van der Waals surface area contributed by atoms with Gasteiger partial charge in [-0.3, -0.25) is 9.88 Å². The molecule has 7 nitrogen and oxygen atoms in total. The zero-order valence-electron chi connectivity index (χ0n) is 23.5. The number of nitrogens with zero attached hydrogens (tertiary/aromatic N) is 2. The molecule has 2 bridgehead atoms. The number of aromatic carboxylic acids is 1. The molecule has 4 aromatic carbocycles. The van der Waals surface area contributed by atoms with Crippen LogP contribution in [0.1, 0.15) is 34.9 Å². The Morgan fingerprint density at radius 2 is 1.79 bits per heavy atom. The molecule has 3 aliphatic rings. The normalized spacial score (nSPS) is 22.0. The first-order valence-electron chi connectivity index (χ1n) is 14.2. The maximum Gasteiger partial charge on any atom is 0.339 e. The third-order valence-electron chi connectivity index (χ3n) is 8.87. The van der Waals surface area contributed by atoms with Crippen molar-refractivity contribution in [3.63, 3.8) is 0 Å². The van der Waals surface area contributed by atoms with E-state index in [4.69, 9.17) is 9.84 Å². The van der Waals surface area contributed by atoms with Gasteiger partial charge in [0.25, 0.3) is 0 Å². The largest absolute Gasteiger partial charge is 0.507 e. The molecule has 0 radical (unpaired) electrons. The highest BCUT2D eigenvalue weighted by Gasteiger charge is 2.42. The van der Waals surface area contributed by atoms with Crippen LogP contribution in [0.2, 0.25) is 0 Å². The van der Waals surface area contributed by atoms with Crippen LogP contribution in [-0.4, -0.2) is 57.4 Å². The number of hydrogen-bond donors (Lipinski definition) is 3. The Balaban J connectivity index is 0.000000157. The number of hydrogen-bond acceptors (Lipinski definition) is 6. The molecular formula is C35H34N2O5. The molecule has 42 heavy (non-hydrogen) atoms. The second-order valence-electron chi connectivity index (χ2n) is 11.2. The van der Waals surface area contributed by atoms with E-state index in [1.54, 1.807) is 13.3 Å². The van der Waals surface area contributed by atoms with Crippen molar-refractivity contribution in [1.82, 2.24) is 9.88 Å². The van der Waals surface area contributed by atoms with Crippen molar-refractivity contribution in [3.8, 4) is 11.5 Å². The molecule has 7 heteroatoms. The number of phenols is 1. The summed E-state index contributed by atoms with van der Waals surface area (Å²) in [7, 11) is 1.66. The number of aliphatic hydroxyl groups excluding tert-OH is 1. The Kier molecular flexibility index (Phi) is 7.54. The van der Waals surface area contributed by atoms with Crippen molar-refractivity contribution in [2.45, 2.75) is 25.0 Å². The molecule has 0 aliphatic carbocycles. The van der Waals surface area contributed by atoms with Crippen molar-refractivity contribution in [2.24, 2.45) is 11.8 Å². The van der Waals surface area contributed by atoms with Crippen LogP contribution < -0.4 is 4.74 Å². The van der Waals surface area contributed by atoms with E-state index in [-0.39, 0.29) is 17.4 Å². The summed E-state index contributed by atoms with van der Waals surface area (Å²) in [6.07, 6.45) is 5.62. The van der Waals surface area contributed by atoms with Crippen molar-refractivity contribution in [1.29, 1.82) is 0 Å². The van der Waals surface area contributed by atoms with E-state index in [1.807, 2.05) is 60.7 Å². The monoisotopic (exact) mass is 562 g/mol.